The van der Waals surface area contributed by atoms with Crippen molar-refractivity contribution in [2.24, 2.45) is 0 Å². The van der Waals surface area contributed by atoms with E-state index in [1.54, 1.807) is 0 Å². The van der Waals surface area contributed by atoms with Gasteiger partial charge in [-0.25, -0.2) is 0 Å². The van der Waals surface area contributed by atoms with E-state index in [-0.39, 0.29) is 22.6 Å². The number of hydrogen-bond acceptors (Lipinski definition) is 2. The van der Waals surface area contributed by atoms with Gasteiger partial charge in [0.1, 0.15) is 16.9 Å². The molecule has 0 atom stereocenters. The highest BCUT2D eigenvalue weighted by atomic mass is 19.4. The standard InChI is InChI=1S/C31H45F3O2/c1-26(2,3)20-14-18(35)15-21(27(4,5)6)24(20)30(13,31(32,33)34)25-22(28(7,8)9)16-19(36)17-23(25)29(10,11)12/h14-17,35-36H,1-13H3. The molecular weight excluding hydrogens is 461 g/mol. The fourth-order valence-corrected chi connectivity index (χ4v) is 5.11. The van der Waals surface area contributed by atoms with Crippen LogP contribution in [-0.4, -0.2) is 16.4 Å². The normalized spacial score (nSPS) is 14.3. The first-order chi connectivity index (χ1) is 15.7. The predicted molar refractivity (Wildman–Crippen MR) is 144 cm³/mol. The maximum absolute atomic E-state index is 15.8. The lowest BCUT2D eigenvalue weighted by Crippen LogP contribution is -2.47. The zero-order valence-electron chi connectivity index (χ0n) is 24.3. The molecular formula is C31H45F3O2. The molecule has 0 aliphatic rings. The summed E-state index contributed by atoms with van der Waals surface area (Å²) < 4.78 is 47.5. The molecule has 2 rings (SSSR count). The van der Waals surface area contributed by atoms with Gasteiger partial charge in [-0.2, -0.15) is 13.2 Å². The Bertz CT molecular complexity index is 977. The first kappa shape index (κ1) is 30.1. The molecule has 0 spiro atoms. The molecule has 0 amide bonds. The molecule has 2 N–H and O–H groups in total. The van der Waals surface area contributed by atoms with Crippen LogP contribution in [0.2, 0.25) is 0 Å². The third-order valence-electron chi connectivity index (χ3n) is 7.05. The van der Waals surface area contributed by atoms with Crippen LogP contribution in [0.25, 0.3) is 0 Å². The van der Waals surface area contributed by atoms with Crippen molar-refractivity contribution in [3.63, 3.8) is 0 Å². The monoisotopic (exact) mass is 506 g/mol. The number of phenolic OH excluding ortho intramolecular Hbond substituents is 2. The van der Waals surface area contributed by atoms with Crippen LogP contribution in [0.3, 0.4) is 0 Å². The molecule has 5 heteroatoms. The summed E-state index contributed by atoms with van der Waals surface area (Å²) in [6.07, 6.45) is -4.68. The second-order valence-corrected chi connectivity index (χ2v) is 14.5. The fourth-order valence-electron chi connectivity index (χ4n) is 5.11. The third-order valence-corrected chi connectivity index (χ3v) is 7.05. The van der Waals surface area contributed by atoms with Crippen molar-refractivity contribution in [2.45, 2.75) is 123 Å². The average Bonchev–Trinajstić information content (AvgIpc) is 2.62. The zero-order chi connectivity index (χ0) is 28.4. The molecule has 2 nitrogen and oxygen atoms in total. The van der Waals surface area contributed by atoms with E-state index < -0.39 is 33.3 Å². The molecule has 36 heavy (non-hydrogen) atoms. The highest BCUT2D eigenvalue weighted by Gasteiger charge is 2.59. The van der Waals surface area contributed by atoms with Crippen LogP contribution >= 0.6 is 0 Å². The number of alkyl halides is 3. The summed E-state index contributed by atoms with van der Waals surface area (Å²) in [6, 6.07) is 5.95. The lowest BCUT2D eigenvalue weighted by molar-refractivity contribution is -0.174. The lowest BCUT2D eigenvalue weighted by Gasteiger charge is -2.45. The highest BCUT2D eigenvalue weighted by Crippen LogP contribution is 2.57. The summed E-state index contributed by atoms with van der Waals surface area (Å²) in [6.45, 7) is 23.8. The van der Waals surface area contributed by atoms with Gasteiger partial charge in [-0.3, -0.25) is 0 Å². The molecule has 0 aromatic heterocycles. The summed E-state index contributed by atoms with van der Waals surface area (Å²) in [7, 11) is 0. The topological polar surface area (TPSA) is 40.5 Å². The van der Waals surface area contributed by atoms with Crippen molar-refractivity contribution in [1.82, 2.24) is 0 Å². The Morgan fingerprint density at radius 2 is 0.639 bits per heavy atom. The van der Waals surface area contributed by atoms with Gasteiger partial charge in [-0.05, 0) is 86.2 Å². The van der Waals surface area contributed by atoms with Crippen LogP contribution in [-0.2, 0) is 27.1 Å². The Kier molecular flexibility index (Phi) is 7.26. The minimum absolute atomic E-state index is 0.0454. The Hall–Kier alpha value is -2.17. The maximum atomic E-state index is 15.8. The van der Waals surface area contributed by atoms with Crippen LogP contribution in [0.15, 0.2) is 24.3 Å². The molecule has 0 fully saturated rings. The summed E-state index contributed by atoms with van der Waals surface area (Å²) in [5, 5.41) is 21.3. The first-order valence-electron chi connectivity index (χ1n) is 12.6. The Morgan fingerprint density at radius 3 is 0.778 bits per heavy atom. The molecule has 0 bridgehead atoms. The Balaban J connectivity index is 3.44. The first-order valence-corrected chi connectivity index (χ1v) is 12.6. The van der Waals surface area contributed by atoms with Crippen LogP contribution in [0, 0.1) is 0 Å². The van der Waals surface area contributed by atoms with Gasteiger partial charge in [0.25, 0.3) is 0 Å². The fraction of sp³-hybridized carbons (Fsp3) is 0.613. The number of aromatic hydroxyl groups is 2. The number of phenols is 2. The van der Waals surface area contributed by atoms with Crippen molar-refractivity contribution >= 4 is 0 Å². The van der Waals surface area contributed by atoms with Crippen molar-refractivity contribution in [1.29, 1.82) is 0 Å². The zero-order valence-corrected chi connectivity index (χ0v) is 24.3. The van der Waals surface area contributed by atoms with E-state index in [1.165, 1.54) is 31.2 Å². The van der Waals surface area contributed by atoms with Gasteiger partial charge >= 0.3 is 6.18 Å². The molecule has 0 radical (unpaired) electrons. The van der Waals surface area contributed by atoms with Crippen LogP contribution in [0.5, 0.6) is 11.5 Å². The van der Waals surface area contributed by atoms with Gasteiger partial charge in [0.15, 0.2) is 0 Å². The van der Waals surface area contributed by atoms with Crippen LogP contribution < -0.4 is 0 Å². The average molecular weight is 507 g/mol. The maximum Gasteiger partial charge on any atom is 0.402 e. The summed E-state index contributed by atoms with van der Waals surface area (Å²) in [5.41, 5.74) is -2.96. The Labute approximate surface area is 216 Å². The second kappa shape index (κ2) is 8.70. The van der Waals surface area contributed by atoms with Crippen molar-refractivity contribution in [3.05, 3.63) is 57.6 Å². The van der Waals surface area contributed by atoms with Gasteiger partial charge in [-0.15, -0.1) is 0 Å². The van der Waals surface area contributed by atoms with Crippen molar-refractivity contribution < 1.29 is 23.4 Å². The van der Waals surface area contributed by atoms with Gasteiger partial charge in [0.05, 0.1) is 0 Å². The van der Waals surface area contributed by atoms with E-state index in [0.29, 0.717) is 22.3 Å². The third kappa shape index (κ3) is 5.40. The van der Waals surface area contributed by atoms with Gasteiger partial charge < -0.3 is 10.2 Å². The van der Waals surface area contributed by atoms with E-state index in [2.05, 4.69) is 0 Å². The predicted octanol–water partition coefficient (Wildman–Crippen LogP) is 9.16. The highest BCUT2D eigenvalue weighted by molar-refractivity contribution is 5.61. The summed E-state index contributed by atoms with van der Waals surface area (Å²) in [4.78, 5) is 0. The van der Waals surface area contributed by atoms with E-state index in [9.17, 15) is 10.2 Å². The molecule has 0 aliphatic heterocycles. The molecule has 202 valence electrons. The van der Waals surface area contributed by atoms with Gasteiger partial charge in [-0.1, -0.05) is 83.1 Å². The van der Waals surface area contributed by atoms with Crippen molar-refractivity contribution in [3.8, 4) is 11.5 Å². The largest absolute Gasteiger partial charge is 0.508 e. The van der Waals surface area contributed by atoms with E-state index in [4.69, 9.17) is 0 Å². The van der Waals surface area contributed by atoms with Gasteiger partial charge in [0.2, 0.25) is 0 Å². The van der Waals surface area contributed by atoms with Crippen LogP contribution in [0.1, 0.15) is 123 Å². The quantitative estimate of drug-likeness (QED) is 0.426. The van der Waals surface area contributed by atoms with Crippen LogP contribution in [0.4, 0.5) is 13.2 Å². The van der Waals surface area contributed by atoms with E-state index in [1.807, 2.05) is 83.1 Å². The van der Waals surface area contributed by atoms with Gasteiger partial charge in [0, 0.05) is 0 Å². The molecule has 0 saturated carbocycles. The number of benzene rings is 2. The van der Waals surface area contributed by atoms with E-state index >= 15 is 13.2 Å². The molecule has 0 heterocycles. The summed E-state index contributed by atoms with van der Waals surface area (Å²) in [5.74, 6) is -0.0909. The molecule has 2 aromatic carbocycles. The van der Waals surface area contributed by atoms with Crippen molar-refractivity contribution in [2.75, 3.05) is 0 Å². The SMILES string of the molecule is CC(C)(C)c1cc(O)cc(C(C)(C)C)c1C(C)(c1c(C(C)(C)C)cc(O)cc1C(C)(C)C)C(F)(F)F. The Morgan fingerprint density at radius 1 is 0.444 bits per heavy atom. The second-order valence-electron chi connectivity index (χ2n) is 14.5. The summed E-state index contributed by atoms with van der Waals surface area (Å²) >= 11 is 0. The number of halogens is 3. The molecule has 2 aromatic rings. The number of hydrogen-bond donors (Lipinski definition) is 2. The number of rotatable bonds is 2. The lowest BCUT2D eigenvalue weighted by atomic mass is 9.60. The smallest absolute Gasteiger partial charge is 0.402 e. The minimum atomic E-state index is -4.68. The molecule has 0 unspecified atom stereocenters. The molecule has 0 aliphatic carbocycles. The minimum Gasteiger partial charge on any atom is -0.508 e. The molecule has 0 saturated heterocycles. The van der Waals surface area contributed by atoms with E-state index in [0.717, 1.165) is 0 Å².